The Balaban J connectivity index is 1.02. The van der Waals surface area contributed by atoms with Gasteiger partial charge in [-0.1, -0.05) is 198 Å². The largest absolute Gasteiger partial charge is 0.253 e. The summed E-state index contributed by atoms with van der Waals surface area (Å²) in [7, 11) is 0. The Morgan fingerprint density at radius 2 is 0.955 bits per heavy atom. The number of hydrogen-bond acceptors (Lipinski definition) is 2. The maximum atomic E-state index is 5.64. The Bertz CT molecular complexity index is 3610. The van der Waals surface area contributed by atoms with Crippen LogP contribution in [-0.4, -0.2) is 10.7 Å². The van der Waals surface area contributed by atoms with E-state index in [1.807, 2.05) is 0 Å². The van der Waals surface area contributed by atoms with Crippen molar-refractivity contribution in [2.75, 3.05) is 0 Å². The second-order valence-corrected chi connectivity index (χ2v) is 19.3. The lowest BCUT2D eigenvalue weighted by Crippen LogP contribution is -2.15. The van der Waals surface area contributed by atoms with E-state index in [9.17, 15) is 0 Å². The lowest BCUT2D eigenvalue weighted by molar-refractivity contribution is 0.660. The van der Waals surface area contributed by atoms with Crippen LogP contribution in [0, 0.1) is 0 Å². The van der Waals surface area contributed by atoms with Gasteiger partial charge < -0.3 is 0 Å². The number of hydrogen-bond donors (Lipinski definition) is 0. The Labute approximate surface area is 388 Å². The van der Waals surface area contributed by atoms with Crippen LogP contribution in [0.2, 0.25) is 0 Å². The molecule has 0 fully saturated rings. The minimum absolute atomic E-state index is 0.102. The van der Waals surface area contributed by atoms with Gasteiger partial charge in [0.1, 0.15) is 0 Å². The van der Waals surface area contributed by atoms with Crippen molar-refractivity contribution < 1.29 is 0 Å². The number of fused-ring (bicyclic) bond motifs is 9. The Hall–Kier alpha value is -7.68. The zero-order valence-electron chi connectivity index (χ0n) is 38.2. The quantitative estimate of drug-likeness (QED) is 0.116. The third kappa shape index (κ3) is 6.38. The maximum absolute atomic E-state index is 5.64. The average Bonchev–Trinajstić information content (AvgIpc) is 3.73. The van der Waals surface area contributed by atoms with Gasteiger partial charge in [0.05, 0.1) is 16.9 Å². The molecule has 66 heavy (non-hydrogen) atoms. The first kappa shape index (κ1) is 39.9. The molecule has 0 spiro atoms. The highest BCUT2D eigenvalue weighted by molar-refractivity contribution is 6.16. The molecule has 0 atom stereocenters. The molecule has 0 bridgehead atoms. The van der Waals surface area contributed by atoms with Crippen molar-refractivity contribution in [3.8, 4) is 55.8 Å². The smallest absolute Gasteiger partial charge is 0.0794 e. The molecule has 9 aromatic carbocycles. The van der Waals surface area contributed by atoms with Gasteiger partial charge in [0.25, 0.3) is 0 Å². The maximum Gasteiger partial charge on any atom is 0.0794 e. The van der Waals surface area contributed by atoms with Gasteiger partial charge in [-0.2, -0.15) is 0 Å². The topological polar surface area (TPSA) is 25.2 Å². The second kappa shape index (κ2) is 15.2. The molecule has 2 nitrogen and oxygen atoms in total. The molecule has 2 aliphatic rings. The van der Waals surface area contributed by atoms with Crippen molar-refractivity contribution in [1.29, 1.82) is 0 Å². The van der Waals surface area contributed by atoms with Gasteiger partial charge in [0.15, 0.2) is 0 Å². The summed E-state index contributed by atoms with van der Waals surface area (Å²) in [5.41, 5.74) is 24.0. The molecule has 10 aromatic rings. The first-order valence-corrected chi connectivity index (χ1v) is 23.3. The van der Waals surface area contributed by atoms with E-state index in [1.54, 1.807) is 0 Å². The highest BCUT2D eigenvalue weighted by atomic mass is 14.7. The molecular formula is C64H50N2. The van der Waals surface area contributed by atoms with E-state index in [0.717, 1.165) is 62.1 Å². The van der Waals surface area contributed by atoms with Crippen LogP contribution in [0.4, 0.5) is 5.69 Å². The lowest BCUT2D eigenvalue weighted by Gasteiger charge is -2.22. The Morgan fingerprint density at radius 3 is 1.65 bits per heavy atom. The van der Waals surface area contributed by atoms with Gasteiger partial charge in [-0.3, -0.25) is 4.99 Å². The van der Waals surface area contributed by atoms with Crippen molar-refractivity contribution in [3.63, 3.8) is 0 Å². The number of para-hydroxylation sites is 1. The summed E-state index contributed by atoms with van der Waals surface area (Å²) in [5, 5.41) is 3.49. The van der Waals surface area contributed by atoms with E-state index in [0.29, 0.717) is 0 Å². The molecule has 2 aliphatic carbocycles. The van der Waals surface area contributed by atoms with Crippen molar-refractivity contribution in [2.24, 2.45) is 4.99 Å². The summed E-state index contributed by atoms with van der Waals surface area (Å²) in [5.74, 6) is 0. The van der Waals surface area contributed by atoms with Crippen molar-refractivity contribution in [2.45, 2.75) is 51.9 Å². The van der Waals surface area contributed by atoms with Gasteiger partial charge in [0, 0.05) is 32.9 Å². The third-order valence-corrected chi connectivity index (χ3v) is 14.7. The standard InChI is InChI=1S/C64H50N2/c1-40(65-60-26-16-9-19-45(60)35-41-17-7-6-8-18-41)42-27-29-43(30-28-42)54-39-61(46-32-34-51-49-22-13-15-25-57(49)64(4,5)59(51)37-46)66-62-52-23-11-10-20-47(52)53(38-55(54)62)44-31-33-50-48-21-12-14-24-56(48)63(2,3)58(50)36-44/h6-34,36-39H,35H2,1-5H3/b65-40+. The summed E-state index contributed by atoms with van der Waals surface area (Å²) in [6.07, 6.45) is 0.840. The van der Waals surface area contributed by atoms with Gasteiger partial charge in [-0.25, -0.2) is 4.98 Å². The normalized spacial score (nSPS) is 14.2. The molecular weight excluding hydrogens is 797 g/mol. The molecule has 0 unspecified atom stereocenters. The second-order valence-electron chi connectivity index (χ2n) is 19.3. The highest BCUT2D eigenvalue weighted by Crippen LogP contribution is 2.52. The molecule has 0 saturated heterocycles. The van der Waals surface area contributed by atoms with E-state index < -0.39 is 0 Å². The van der Waals surface area contributed by atoms with E-state index in [2.05, 4.69) is 235 Å². The molecule has 0 amide bonds. The fourth-order valence-electron chi connectivity index (χ4n) is 11.1. The number of nitrogens with zero attached hydrogens (tertiary/aromatic N) is 2. The molecule has 12 rings (SSSR count). The van der Waals surface area contributed by atoms with Crippen LogP contribution >= 0.6 is 0 Å². The van der Waals surface area contributed by atoms with Gasteiger partial charge in [-0.05, 0) is 133 Å². The van der Waals surface area contributed by atoms with Crippen molar-refractivity contribution in [1.82, 2.24) is 4.98 Å². The zero-order chi connectivity index (χ0) is 44.7. The average molecular weight is 847 g/mol. The van der Waals surface area contributed by atoms with Gasteiger partial charge in [0.2, 0.25) is 0 Å². The molecule has 1 heterocycles. The number of aliphatic imine (C=N–C) groups is 1. The third-order valence-electron chi connectivity index (χ3n) is 14.7. The van der Waals surface area contributed by atoms with E-state index in [-0.39, 0.29) is 10.8 Å². The Morgan fingerprint density at radius 1 is 0.424 bits per heavy atom. The zero-order valence-corrected chi connectivity index (χ0v) is 38.2. The Kier molecular flexibility index (Phi) is 9.19. The van der Waals surface area contributed by atoms with Gasteiger partial charge in [-0.15, -0.1) is 0 Å². The predicted octanol–water partition coefficient (Wildman–Crippen LogP) is 16.7. The summed E-state index contributed by atoms with van der Waals surface area (Å²) >= 11 is 0. The predicted molar refractivity (Wildman–Crippen MR) is 278 cm³/mol. The van der Waals surface area contributed by atoms with E-state index >= 15 is 0 Å². The molecule has 0 aliphatic heterocycles. The van der Waals surface area contributed by atoms with E-state index in [4.69, 9.17) is 9.98 Å². The summed E-state index contributed by atoms with van der Waals surface area (Å²) in [4.78, 5) is 10.9. The van der Waals surface area contributed by atoms with Crippen LogP contribution in [0.3, 0.4) is 0 Å². The van der Waals surface area contributed by atoms with Crippen molar-refractivity contribution >= 4 is 33.1 Å². The monoisotopic (exact) mass is 846 g/mol. The van der Waals surface area contributed by atoms with Crippen LogP contribution in [0.1, 0.15) is 73.6 Å². The molecule has 0 N–H and O–H groups in total. The van der Waals surface area contributed by atoms with Crippen LogP contribution < -0.4 is 0 Å². The highest BCUT2D eigenvalue weighted by Gasteiger charge is 2.37. The minimum atomic E-state index is -0.119. The summed E-state index contributed by atoms with van der Waals surface area (Å²) in [6.45, 7) is 11.5. The van der Waals surface area contributed by atoms with Gasteiger partial charge >= 0.3 is 0 Å². The van der Waals surface area contributed by atoms with Crippen LogP contribution in [0.25, 0.3) is 77.4 Å². The minimum Gasteiger partial charge on any atom is -0.253 e. The summed E-state index contributed by atoms with van der Waals surface area (Å²) in [6, 6.07) is 73.6. The first-order valence-electron chi connectivity index (χ1n) is 23.3. The fraction of sp³-hybridized carbons (Fsp3) is 0.125. The molecule has 0 radical (unpaired) electrons. The number of aromatic nitrogens is 1. The van der Waals surface area contributed by atoms with Crippen LogP contribution in [-0.2, 0) is 17.3 Å². The lowest BCUT2D eigenvalue weighted by atomic mass is 9.81. The molecule has 1 aromatic heterocycles. The molecule has 316 valence electrons. The first-order chi connectivity index (χ1) is 32.1. The summed E-state index contributed by atoms with van der Waals surface area (Å²) < 4.78 is 0. The van der Waals surface area contributed by atoms with Crippen LogP contribution in [0.15, 0.2) is 205 Å². The van der Waals surface area contributed by atoms with Crippen molar-refractivity contribution in [3.05, 3.63) is 239 Å². The SMILES string of the molecule is C/C(=N\c1ccccc1Cc1ccccc1)c1ccc(-c2cc(-c3ccc4c(c3)C(C)(C)c3ccccc3-4)nc3c2cc(-c2ccc4c(c2)C(C)(C)c2ccccc2-4)c2ccccc23)cc1. The number of pyridine rings is 1. The fourth-order valence-corrected chi connectivity index (χ4v) is 11.1. The van der Waals surface area contributed by atoms with E-state index in [1.165, 1.54) is 72.1 Å². The number of benzene rings is 9. The molecule has 0 saturated carbocycles. The number of rotatable bonds is 7. The van der Waals surface area contributed by atoms with Crippen LogP contribution in [0.5, 0.6) is 0 Å². The molecule has 2 heteroatoms.